The number of hydrogen-bond acceptors (Lipinski definition) is 2. The SMILES string of the molecule is CCC(C)C(C)NC(=O)C1CCCCC1N. The van der Waals surface area contributed by atoms with Crippen molar-refractivity contribution in [2.75, 3.05) is 0 Å². The molecule has 1 fully saturated rings. The van der Waals surface area contributed by atoms with Gasteiger partial charge in [0.15, 0.2) is 0 Å². The molecule has 0 spiro atoms. The van der Waals surface area contributed by atoms with E-state index in [1.54, 1.807) is 0 Å². The Morgan fingerprint density at radius 2 is 2.00 bits per heavy atom. The van der Waals surface area contributed by atoms with Gasteiger partial charge in [-0.15, -0.1) is 0 Å². The van der Waals surface area contributed by atoms with Crippen LogP contribution < -0.4 is 11.1 Å². The van der Waals surface area contributed by atoms with E-state index in [1.807, 2.05) is 0 Å². The van der Waals surface area contributed by atoms with Crippen LogP contribution in [0.15, 0.2) is 0 Å². The summed E-state index contributed by atoms with van der Waals surface area (Å²) in [5, 5.41) is 3.11. The van der Waals surface area contributed by atoms with E-state index >= 15 is 0 Å². The second-order valence-electron chi connectivity index (χ2n) is 5.24. The lowest BCUT2D eigenvalue weighted by molar-refractivity contribution is -0.127. The first-order chi connectivity index (χ1) is 7.56. The van der Waals surface area contributed by atoms with E-state index in [0.29, 0.717) is 5.92 Å². The average molecular weight is 226 g/mol. The molecule has 0 aromatic rings. The minimum atomic E-state index is 0.0419. The lowest BCUT2D eigenvalue weighted by Crippen LogP contribution is -2.47. The summed E-state index contributed by atoms with van der Waals surface area (Å²) in [5.74, 6) is 0.740. The van der Waals surface area contributed by atoms with Crippen LogP contribution in [0.3, 0.4) is 0 Å². The number of carbonyl (C=O) groups excluding carboxylic acids is 1. The van der Waals surface area contributed by atoms with Crippen molar-refractivity contribution in [3.63, 3.8) is 0 Å². The number of hydrogen-bond donors (Lipinski definition) is 2. The third kappa shape index (κ3) is 3.48. The number of nitrogens with two attached hydrogens (primary N) is 1. The highest BCUT2D eigenvalue weighted by Crippen LogP contribution is 2.23. The quantitative estimate of drug-likeness (QED) is 0.771. The Morgan fingerprint density at radius 1 is 1.38 bits per heavy atom. The van der Waals surface area contributed by atoms with Crippen LogP contribution in [-0.4, -0.2) is 18.0 Å². The van der Waals surface area contributed by atoms with Crippen LogP contribution in [0.4, 0.5) is 0 Å². The predicted molar refractivity (Wildman–Crippen MR) is 67.0 cm³/mol. The van der Waals surface area contributed by atoms with Gasteiger partial charge < -0.3 is 11.1 Å². The lowest BCUT2D eigenvalue weighted by Gasteiger charge is -2.30. The van der Waals surface area contributed by atoms with E-state index < -0.39 is 0 Å². The molecule has 0 bridgehead atoms. The maximum absolute atomic E-state index is 12.0. The van der Waals surface area contributed by atoms with Crippen molar-refractivity contribution in [2.24, 2.45) is 17.6 Å². The smallest absolute Gasteiger partial charge is 0.224 e. The van der Waals surface area contributed by atoms with Crippen molar-refractivity contribution in [2.45, 2.75) is 65.0 Å². The summed E-state index contributed by atoms with van der Waals surface area (Å²) in [7, 11) is 0. The third-order valence-electron chi connectivity index (χ3n) is 4.02. The van der Waals surface area contributed by atoms with Gasteiger partial charge in [0.25, 0.3) is 0 Å². The molecule has 16 heavy (non-hydrogen) atoms. The van der Waals surface area contributed by atoms with E-state index in [9.17, 15) is 4.79 Å². The molecule has 3 nitrogen and oxygen atoms in total. The van der Waals surface area contributed by atoms with E-state index in [2.05, 4.69) is 26.1 Å². The third-order valence-corrected chi connectivity index (χ3v) is 4.02. The molecule has 1 saturated carbocycles. The van der Waals surface area contributed by atoms with Gasteiger partial charge in [0.2, 0.25) is 5.91 Å². The van der Waals surface area contributed by atoms with Crippen molar-refractivity contribution >= 4 is 5.91 Å². The molecule has 1 amide bonds. The molecular formula is C13H26N2O. The van der Waals surface area contributed by atoms with Gasteiger partial charge in [-0.05, 0) is 25.7 Å². The van der Waals surface area contributed by atoms with Gasteiger partial charge in [0.05, 0.1) is 5.92 Å². The Bertz CT molecular complexity index is 230. The molecule has 1 aliphatic rings. The first-order valence-corrected chi connectivity index (χ1v) is 6.62. The average Bonchev–Trinajstić information content (AvgIpc) is 2.28. The number of nitrogens with one attached hydrogen (secondary N) is 1. The molecule has 0 aliphatic heterocycles. The molecule has 0 heterocycles. The molecule has 1 aliphatic carbocycles. The van der Waals surface area contributed by atoms with Crippen LogP contribution >= 0.6 is 0 Å². The van der Waals surface area contributed by atoms with Gasteiger partial charge in [0, 0.05) is 12.1 Å². The van der Waals surface area contributed by atoms with Crippen LogP contribution in [0.5, 0.6) is 0 Å². The topological polar surface area (TPSA) is 55.1 Å². The van der Waals surface area contributed by atoms with Crippen molar-refractivity contribution in [1.29, 1.82) is 0 Å². The molecule has 0 aromatic carbocycles. The Hall–Kier alpha value is -0.570. The normalized spacial score (nSPS) is 29.5. The highest BCUT2D eigenvalue weighted by atomic mass is 16.2. The molecule has 4 unspecified atom stereocenters. The first-order valence-electron chi connectivity index (χ1n) is 6.62. The van der Waals surface area contributed by atoms with Crippen molar-refractivity contribution < 1.29 is 4.79 Å². The summed E-state index contributed by atoms with van der Waals surface area (Å²) in [6.07, 6.45) is 5.36. The summed E-state index contributed by atoms with van der Waals surface area (Å²) in [5.41, 5.74) is 6.00. The Kier molecular flexibility index (Phi) is 5.26. The minimum Gasteiger partial charge on any atom is -0.353 e. The Morgan fingerprint density at radius 3 is 2.56 bits per heavy atom. The molecule has 0 aromatic heterocycles. The second-order valence-corrected chi connectivity index (χ2v) is 5.24. The number of rotatable bonds is 4. The zero-order valence-electron chi connectivity index (χ0n) is 10.8. The van der Waals surface area contributed by atoms with Gasteiger partial charge in [-0.25, -0.2) is 0 Å². The lowest BCUT2D eigenvalue weighted by atomic mass is 9.84. The minimum absolute atomic E-state index is 0.0419. The van der Waals surface area contributed by atoms with Crippen LogP contribution in [0.1, 0.15) is 52.9 Å². The fourth-order valence-electron chi connectivity index (χ4n) is 2.31. The fourth-order valence-corrected chi connectivity index (χ4v) is 2.31. The summed E-state index contributed by atoms with van der Waals surface area (Å²) >= 11 is 0. The maximum Gasteiger partial charge on any atom is 0.224 e. The van der Waals surface area contributed by atoms with Crippen molar-refractivity contribution in [3.8, 4) is 0 Å². The van der Waals surface area contributed by atoms with E-state index in [0.717, 1.165) is 25.7 Å². The summed E-state index contributed by atoms with van der Waals surface area (Å²) < 4.78 is 0. The summed E-state index contributed by atoms with van der Waals surface area (Å²) in [6, 6.07) is 0.324. The molecular weight excluding hydrogens is 200 g/mol. The van der Waals surface area contributed by atoms with E-state index in [1.165, 1.54) is 6.42 Å². The van der Waals surface area contributed by atoms with E-state index in [4.69, 9.17) is 5.73 Å². The van der Waals surface area contributed by atoms with Gasteiger partial charge in [-0.3, -0.25) is 4.79 Å². The van der Waals surface area contributed by atoms with Crippen LogP contribution in [-0.2, 0) is 4.79 Å². The predicted octanol–water partition coefficient (Wildman–Crippen LogP) is 2.05. The molecule has 3 heteroatoms. The number of carbonyl (C=O) groups is 1. The molecule has 1 rings (SSSR count). The highest BCUT2D eigenvalue weighted by molar-refractivity contribution is 5.79. The molecule has 94 valence electrons. The molecule has 0 saturated heterocycles. The zero-order chi connectivity index (χ0) is 12.1. The van der Waals surface area contributed by atoms with Gasteiger partial charge >= 0.3 is 0 Å². The molecule has 0 radical (unpaired) electrons. The van der Waals surface area contributed by atoms with Gasteiger partial charge in [-0.1, -0.05) is 33.1 Å². The molecule has 3 N–H and O–H groups in total. The second kappa shape index (κ2) is 6.24. The standard InChI is InChI=1S/C13H26N2O/c1-4-9(2)10(3)15-13(16)11-7-5-6-8-12(11)14/h9-12H,4-8,14H2,1-3H3,(H,15,16). The maximum atomic E-state index is 12.0. The zero-order valence-corrected chi connectivity index (χ0v) is 10.8. The first kappa shape index (κ1) is 13.5. The summed E-state index contributed by atoms with van der Waals surface area (Å²) in [6.45, 7) is 6.41. The van der Waals surface area contributed by atoms with Crippen LogP contribution in [0, 0.1) is 11.8 Å². The van der Waals surface area contributed by atoms with Crippen molar-refractivity contribution in [1.82, 2.24) is 5.32 Å². The fraction of sp³-hybridized carbons (Fsp3) is 0.923. The van der Waals surface area contributed by atoms with Gasteiger partial charge in [-0.2, -0.15) is 0 Å². The van der Waals surface area contributed by atoms with Crippen LogP contribution in [0.2, 0.25) is 0 Å². The van der Waals surface area contributed by atoms with Gasteiger partial charge in [0.1, 0.15) is 0 Å². The largest absolute Gasteiger partial charge is 0.353 e. The highest BCUT2D eigenvalue weighted by Gasteiger charge is 2.29. The van der Waals surface area contributed by atoms with Crippen LogP contribution in [0.25, 0.3) is 0 Å². The van der Waals surface area contributed by atoms with E-state index in [-0.39, 0.29) is 23.9 Å². The molecule has 4 atom stereocenters. The Labute approximate surface area is 99.2 Å². The monoisotopic (exact) mass is 226 g/mol. The Balaban J connectivity index is 2.44. The summed E-state index contributed by atoms with van der Waals surface area (Å²) in [4.78, 5) is 12.0. The number of amides is 1. The van der Waals surface area contributed by atoms with Crippen molar-refractivity contribution in [3.05, 3.63) is 0 Å².